The third-order valence-electron chi connectivity index (χ3n) is 14.0. The highest BCUT2D eigenvalue weighted by molar-refractivity contribution is 5.85. The van der Waals surface area contributed by atoms with E-state index in [0.29, 0.717) is 44.9 Å². The third-order valence-corrected chi connectivity index (χ3v) is 14.0. The Hall–Kier alpha value is -1.56. The van der Waals surface area contributed by atoms with Crippen LogP contribution in [0.25, 0.3) is 0 Å². The number of aldehydes is 1. The fourth-order valence-corrected chi connectivity index (χ4v) is 11.3. The second-order valence-electron chi connectivity index (χ2n) is 16.1. The molecule has 0 aromatic heterocycles. The number of hydrogen-bond donors (Lipinski definition) is 7. The van der Waals surface area contributed by atoms with Crippen LogP contribution in [-0.4, -0.2) is 134 Å². The lowest BCUT2D eigenvalue weighted by Crippen LogP contribution is -2.69. The molecule has 4 saturated carbocycles. The average molecular weight is 697 g/mol. The van der Waals surface area contributed by atoms with Crippen molar-refractivity contribution in [3.8, 4) is 0 Å². The first kappa shape index (κ1) is 35.8. The smallest absolute Gasteiger partial charge is 0.331 e. The molecule has 0 aromatic carbocycles. The highest BCUT2D eigenvalue weighted by Gasteiger charge is 2.71. The van der Waals surface area contributed by atoms with Crippen LogP contribution in [0.3, 0.4) is 0 Å². The normalized spacial score (nSPS) is 54.3. The van der Waals surface area contributed by atoms with Gasteiger partial charge in [0.05, 0.1) is 41.5 Å². The summed E-state index contributed by atoms with van der Waals surface area (Å²) in [4.78, 5) is 25.0. The summed E-state index contributed by atoms with van der Waals surface area (Å²) in [5.41, 5.74) is -2.94. The van der Waals surface area contributed by atoms with Gasteiger partial charge in [-0.05, 0) is 81.6 Å². The van der Waals surface area contributed by atoms with Crippen molar-refractivity contribution >= 4 is 12.3 Å². The van der Waals surface area contributed by atoms with E-state index in [1.54, 1.807) is 13.0 Å². The number of hydrogen-bond acceptors (Lipinski definition) is 14. The van der Waals surface area contributed by atoms with Crippen molar-refractivity contribution in [2.75, 3.05) is 13.2 Å². The zero-order chi connectivity index (χ0) is 35.1. The Kier molecular flexibility index (Phi) is 9.38. The van der Waals surface area contributed by atoms with Crippen LogP contribution in [-0.2, 0) is 33.3 Å². The first-order chi connectivity index (χ1) is 23.2. The highest BCUT2D eigenvalue weighted by Crippen LogP contribution is 2.70. The summed E-state index contributed by atoms with van der Waals surface area (Å²) in [5.74, 6) is -0.688. The summed E-state index contributed by atoms with van der Waals surface area (Å²) in [7, 11) is 0. The fourth-order valence-electron chi connectivity index (χ4n) is 11.3. The van der Waals surface area contributed by atoms with Crippen molar-refractivity contribution < 1.29 is 69.0 Å². The molecule has 1 unspecified atom stereocenters. The molecule has 0 spiro atoms. The maximum Gasteiger partial charge on any atom is 0.331 e. The number of aliphatic hydroxyl groups is 7. The number of aliphatic hydroxyl groups excluding tert-OH is 5. The number of rotatable bonds is 7. The predicted octanol–water partition coefficient (Wildman–Crippen LogP) is -0.397. The van der Waals surface area contributed by atoms with Crippen molar-refractivity contribution in [1.29, 1.82) is 0 Å². The third kappa shape index (κ3) is 5.47. The number of ether oxygens (including phenoxy) is 5. The molecule has 4 aliphatic carbocycles. The monoisotopic (exact) mass is 696 g/mol. The molecule has 3 heterocycles. The molecule has 0 bridgehead atoms. The van der Waals surface area contributed by atoms with E-state index in [-0.39, 0.29) is 43.2 Å². The lowest BCUT2D eigenvalue weighted by atomic mass is 9.41. The van der Waals surface area contributed by atoms with Crippen LogP contribution in [0.1, 0.15) is 78.1 Å². The van der Waals surface area contributed by atoms with Gasteiger partial charge in [-0.25, -0.2) is 4.79 Å². The summed E-state index contributed by atoms with van der Waals surface area (Å²) < 4.78 is 28.9. The fraction of sp³-hybridized carbons (Fsp3) is 0.886. The van der Waals surface area contributed by atoms with Gasteiger partial charge in [-0.3, -0.25) is 0 Å². The molecular weight excluding hydrogens is 644 g/mol. The maximum absolute atomic E-state index is 13.2. The van der Waals surface area contributed by atoms with Crippen LogP contribution in [0.4, 0.5) is 0 Å². The van der Waals surface area contributed by atoms with E-state index in [1.165, 1.54) is 0 Å². The zero-order valence-corrected chi connectivity index (χ0v) is 28.1. The van der Waals surface area contributed by atoms with Crippen LogP contribution < -0.4 is 0 Å². The van der Waals surface area contributed by atoms with Gasteiger partial charge in [0, 0.05) is 24.3 Å². The van der Waals surface area contributed by atoms with Gasteiger partial charge >= 0.3 is 5.97 Å². The van der Waals surface area contributed by atoms with E-state index in [2.05, 4.69) is 6.92 Å². The summed E-state index contributed by atoms with van der Waals surface area (Å²) >= 11 is 0. The summed E-state index contributed by atoms with van der Waals surface area (Å²) in [5, 5.41) is 75.9. The van der Waals surface area contributed by atoms with E-state index in [0.717, 1.165) is 18.3 Å². The zero-order valence-electron chi connectivity index (χ0n) is 28.1. The van der Waals surface area contributed by atoms with Gasteiger partial charge in [0.2, 0.25) is 0 Å². The Bertz CT molecular complexity index is 1300. The quantitative estimate of drug-likeness (QED) is 0.102. The Balaban J connectivity index is 1.00. The number of carbonyl (C=O) groups excluding carboxylic acids is 2. The summed E-state index contributed by atoms with van der Waals surface area (Å²) in [6.45, 7) is 3.42. The molecule has 0 amide bonds. The first-order valence-electron chi connectivity index (χ1n) is 17.9. The Morgan fingerprint density at radius 1 is 0.939 bits per heavy atom. The second kappa shape index (κ2) is 12.8. The topological polar surface area (TPSA) is 222 Å². The van der Waals surface area contributed by atoms with Gasteiger partial charge in [-0.15, -0.1) is 0 Å². The van der Waals surface area contributed by atoms with Gasteiger partial charge in [-0.1, -0.05) is 6.92 Å². The molecule has 7 aliphatic rings. The van der Waals surface area contributed by atoms with Crippen LogP contribution in [0.5, 0.6) is 0 Å². The molecule has 3 aliphatic heterocycles. The van der Waals surface area contributed by atoms with Crippen LogP contribution in [0.15, 0.2) is 11.6 Å². The Morgan fingerprint density at radius 3 is 2.37 bits per heavy atom. The van der Waals surface area contributed by atoms with Crippen LogP contribution >= 0.6 is 0 Å². The first-order valence-corrected chi connectivity index (χ1v) is 17.9. The minimum absolute atomic E-state index is 0.00470. The van der Waals surface area contributed by atoms with Crippen LogP contribution in [0.2, 0.25) is 0 Å². The second-order valence-corrected chi connectivity index (χ2v) is 16.1. The van der Waals surface area contributed by atoms with Gasteiger partial charge < -0.3 is 64.2 Å². The van der Waals surface area contributed by atoms with Crippen molar-refractivity contribution in [3.05, 3.63) is 11.6 Å². The SMILES string of the molecule is C[C@H]1O[C@@H](O[C@H]2CCC3(C=O)[C@H]4CC[C@]5(C)[C@@H](C6=CC(=O)OC6)CC[C@]5(O)[C@@H]4CC[C@]3(O)C2)C[C@@H](O)[C@@H]1O[C@@H]1O[C@H](CO)[C@@H](O)[C@H](O)[C@H]1O. The number of esters is 1. The summed E-state index contributed by atoms with van der Waals surface area (Å²) in [6.07, 6.45) is -4.38. The molecule has 2 saturated heterocycles. The van der Waals surface area contributed by atoms with E-state index in [4.69, 9.17) is 23.7 Å². The molecule has 276 valence electrons. The van der Waals surface area contributed by atoms with Crippen LogP contribution in [0, 0.1) is 28.6 Å². The van der Waals surface area contributed by atoms with E-state index in [9.17, 15) is 45.3 Å². The Morgan fingerprint density at radius 2 is 1.69 bits per heavy atom. The molecule has 14 nitrogen and oxygen atoms in total. The maximum atomic E-state index is 13.2. The molecular formula is C35H52O14. The lowest BCUT2D eigenvalue weighted by Gasteiger charge is -2.65. The average Bonchev–Trinajstić information content (AvgIpc) is 3.61. The minimum Gasteiger partial charge on any atom is -0.458 e. The molecule has 7 rings (SSSR count). The highest BCUT2D eigenvalue weighted by atomic mass is 16.7. The minimum atomic E-state index is -1.62. The Labute approximate surface area is 285 Å². The van der Waals surface area contributed by atoms with Gasteiger partial charge in [0.1, 0.15) is 43.4 Å². The van der Waals surface area contributed by atoms with E-state index in [1.807, 2.05) is 0 Å². The predicted molar refractivity (Wildman–Crippen MR) is 166 cm³/mol. The molecule has 14 heteroatoms. The molecule has 7 N–H and O–H groups in total. The largest absolute Gasteiger partial charge is 0.458 e. The summed E-state index contributed by atoms with van der Waals surface area (Å²) in [6, 6.07) is 0. The molecule has 49 heavy (non-hydrogen) atoms. The van der Waals surface area contributed by atoms with E-state index < -0.39 is 90.1 Å². The number of carbonyl (C=O) groups is 2. The van der Waals surface area contributed by atoms with E-state index >= 15 is 0 Å². The number of fused-ring (bicyclic) bond motifs is 5. The number of cyclic esters (lactones) is 1. The van der Waals surface area contributed by atoms with Crippen molar-refractivity contribution in [1.82, 2.24) is 0 Å². The molecule has 0 aromatic rings. The molecule has 17 atom stereocenters. The van der Waals surface area contributed by atoms with Crippen molar-refractivity contribution in [2.24, 2.45) is 28.6 Å². The van der Waals surface area contributed by atoms with Gasteiger partial charge in [0.15, 0.2) is 12.6 Å². The molecule has 0 radical (unpaired) electrons. The van der Waals surface area contributed by atoms with Crippen molar-refractivity contribution in [2.45, 2.75) is 151 Å². The van der Waals surface area contributed by atoms with Crippen molar-refractivity contribution in [3.63, 3.8) is 0 Å². The standard InChI is InChI=1S/C35H52O14/c1-17-30(49-31-29(42)28(41)27(40)24(14-36)48-31)23(38)12-26(46-17)47-19-3-8-33(16-37)21-4-7-32(2)20(18-11-25(39)45-15-18)6-10-35(32,44)22(21)5-9-34(33,43)13-19/h11,16-17,19-24,26-31,36,38,40-44H,3-10,12-15H2,1-2H3/t17-,19+,20-,21+,22-,23-,24-,26+,27-,28+,29-,30-,31+,32-,33?,34+,35+/m1/s1. The lowest BCUT2D eigenvalue weighted by molar-refractivity contribution is -0.345. The van der Waals surface area contributed by atoms with Gasteiger partial charge in [0.25, 0.3) is 0 Å². The molecule has 6 fully saturated rings. The van der Waals surface area contributed by atoms with Gasteiger partial charge in [-0.2, -0.15) is 0 Å².